The first kappa shape index (κ1) is 17.0. The van der Waals surface area contributed by atoms with Crippen LogP contribution in [0, 0.1) is 5.92 Å². The van der Waals surface area contributed by atoms with Crippen molar-refractivity contribution in [2.24, 2.45) is 5.92 Å². The fourth-order valence-electron chi connectivity index (χ4n) is 2.67. The summed E-state index contributed by atoms with van der Waals surface area (Å²) >= 11 is 0. The van der Waals surface area contributed by atoms with Crippen molar-refractivity contribution in [1.82, 2.24) is 4.31 Å². The van der Waals surface area contributed by atoms with Gasteiger partial charge in [-0.05, 0) is 50.0 Å². The molecule has 1 aliphatic heterocycles. The van der Waals surface area contributed by atoms with E-state index in [1.807, 2.05) is 30.3 Å². The Bertz CT molecular complexity index is 671. The summed E-state index contributed by atoms with van der Waals surface area (Å²) in [4.78, 5) is 0. The van der Waals surface area contributed by atoms with Gasteiger partial charge in [-0.3, -0.25) is 0 Å². The summed E-state index contributed by atoms with van der Waals surface area (Å²) in [6.45, 7) is 8.24. The third-order valence-electron chi connectivity index (χ3n) is 4.04. The second-order valence-electron chi connectivity index (χ2n) is 6.73. The van der Waals surface area contributed by atoms with Crippen LogP contribution in [-0.2, 0) is 10.0 Å². The lowest BCUT2D eigenvalue weighted by molar-refractivity contribution is 0.386. The van der Waals surface area contributed by atoms with Gasteiger partial charge in [0.2, 0.25) is 10.0 Å². The van der Waals surface area contributed by atoms with Crippen molar-refractivity contribution in [3.05, 3.63) is 35.9 Å². The molecular weight excluding hydrogens is 298 g/mol. The minimum Gasteiger partial charge on any atom is -0.497 e. The number of sulfonamides is 1. The van der Waals surface area contributed by atoms with Crippen LogP contribution in [0.2, 0.25) is 0 Å². The third-order valence-corrected chi connectivity index (χ3v) is 6.57. The third kappa shape index (κ3) is 3.20. The van der Waals surface area contributed by atoms with E-state index in [1.165, 1.54) is 5.57 Å². The van der Waals surface area contributed by atoms with E-state index in [4.69, 9.17) is 4.74 Å². The summed E-state index contributed by atoms with van der Waals surface area (Å²) in [5.41, 5.74) is 2.28. The molecule has 0 bridgehead atoms. The quantitative estimate of drug-likeness (QED) is 0.858. The predicted octanol–water partition coefficient (Wildman–Crippen LogP) is 3.16. The first-order valence-corrected chi connectivity index (χ1v) is 8.95. The highest BCUT2D eigenvalue weighted by atomic mass is 32.2. The van der Waals surface area contributed by atoms with E-state index in [0.29, 0.717) is 13.1 Å². The van der Waals surface area contributed by atoms with Gasteiger partial charge in [-0.1, -0.05) is 25.1 Å². The molecule has 1 atom stereocenters. The van der Waals surface area contributed by atoms with Crippen LogP contribution in [0.25, 0.3) is 5.57 Å². The Morgan fingerprint density at radius 3 is 2.50 bits per heavy atom. The molecule has 0 aromatic heterocycles. The van der Waals surface area contributed by atoms with Crippen LogP contribution in [0.1, 0.15) is 33.3 Å². The monoisotopic (exact) mass is 323 g/mol. The molecule has 1 aromatic rings. The average molecular weight is 323 g/mol. The minimum absolute atomic E-state index is 0.151. The van der Waals surface area contributed by atoms with Crippen LogP contribution in [0.15, 0.2) is 30.3 Å². The zero-order valence-corrected chi connectivity index (χ0v) is 14.8. The first-order chi connectivity index (χ1) is 10.2. The Kier molecular flexibility index (Phi) is 4.68. The van der Waals surface area contributed by atoms with Crippen LogP contribution in [0.4, 0.5) is 0 Å². The highest BCUT2D eigenvalue weighted by molar-refractivity contribution is 7.90. The van der Waals surface area contributed by atoms with Crippen molar-refractivity contribution in [2.75, 3.05) is 20.2 Å². The van der Waals surface area contributed by atoms with E-state index in [-0.39, 0.29) is 5.92 Å². The summed E-state index contributed by atoms with van der Waals surface area (Å²) < 4.78 is 31.2. The topological polar surface area (TPSA) is 46.6 Å². The second kappa shape index (κ2) is 6.05. The maximum Gasteiger partial charge on any atom is 0.219 e. The molecule has 0 aliphatic carbocycles. The van der Waals surface area contributed by atoms with Gasteiger partial charge < -0.3 is 4.74 Å². The smallest absolute Gasteiger partial charge is 0.219 e. The number of nitrogens with zero attached hydrogens (tertiary/aromatic N) is 1. The number of hydrogen-bond donors (Lipinski definition) is 0. The molecule has 0 unspecified atom stereocenters. The van der Waals surface area contributed by atoms with Crippen molar-refractivity contribution in [3.63, 3.8) is 0 Å². The Labute approximate surface area is 133 Å². The Morgan fingerprint density at radius 2 is 1.95 bits per heavy atom. The van der Waals surface area contributed by atoms with Gasteiger partial charge in [0.1, 0.15) is 5.75 Å². The maximum atomic E-state index is 12.6. The predicted molar refractivity (Wildman–Crippen MR) is 90.4 cm³/mol. The summed E-state index contributed by atoms with van der Waals surface area (Å²) in [5, 5.41) is 0. The average Bonchev–Trinajstić information content (AvgIpc) is 2.46. The van der Waals surface area contributed by atoms with E-state index in [9.17, 15) is 8.42 Å². The van der Waals surface area contributed by atoms with Gasteiger partial charge in [0.05, 0.1) is 11.9 Å². The lowest BCUT2D eigenvalue weighted by Crippen LogP contribution is -2.46. The first-order valence-electron chi connectivity index (χ1n) is 7.51. The van der Waals surface area contributed by atoms with Gasteiger partial charge in [0, 0.05) is 13.1 Å². The van der Waals surface area contributed by atoms with Crippen molar-refractivity contribution >= 4 is 15.6 Å². The fourth-order valence-corrected chi connectivity index (χ4v) is 4.13. The fraction of sp³-hybridized carbons (Fsp3) is 0.529. The van der Waals surface area contributed by atoms with E-state index >= 15 is 0 Å². The summed E-state index contributed by atoms with van der Waals surface area (Å²) in [7, 11) is -1.64. The van der Waals surface area contributed by atoms with Gasteiger partial charge in [0.15, 0.2) is 0 Å². The zero-order valence-electron chi connectivity index (χ0n) is 14.0. The maximum absolute atomic E-state index is 12.6. The summed E-state index contributed by atoms with van der Waals surface area (Å²) in [5.74, 6) is 0.966. The molecule has 0 radical (unpaired) electrons. The van der Waals surface area contributed by atoms with Crippen LogP contribution < -0.4 is 4.74 Å². The van der Waals surface area contributed by atoms with Gasteiger partial charge in [-0.2, -0.15) is 4.31 Å². The van der Waals surface area contributed by atoms with Crippen LogP contribution in [0.5, 0.6) is 5.75 Å². The SMILES string of the molecule is COc1cccc(C2=CCN(S(=O)(=O)C(C)(C)C)C[C@@H]2C)c1. The van der Waals surface area contributed by atoms with Crippen molar-refractivity contribution in [3.8, 4) is 5.75 Å². The number of methoxy groups -OCH3 is 1. The number of ether oxygens (including phenoxy) is 1. The highest BCUT2D eigenvalue weighted by Gasteiger charge is 2.37. The number of benzene rings is 1. The molecular formula is C17H25NO3S. The Balaban J connectivity index is 2.29. The molecule has 1 heterocycles. The lowest BCUT2D eigenvalue weighted by Gasteiger charge is -2.35. The van der Waals surface area contributed by atoms with Crippen LogP contribution in [0.3, 0.4) is 0 Å². The second-order valence-corrected chi connectivity index (χ2v) is 9.42. The molecule has 1 aliphatic rings. The van der Waals surface area contributed by atoms with E-state index in [1.54, 1.807) is 32.2 Å². The molecule has 0 fully saturated rings. The molecule has 0 saturated heterocycles. The van der Waals surface area contributed by atoms with Crippen LogP contribution >= 0.6 is 0 Å². The van der Waals surface area contributed by atoms with E-state index in [2.05, 4.69) is 6.92 Å². The molecule has 4 nitrogen and oxygen atoms in total. The zero-order chi connectivity index (χ0) is 16.5. The molecule has 1 aromatic carbocycles. The minimum atomic E-state index is -3.29. The van der Waals surface area contributed by atoms with Gasteiger partial charge >= 0.3 is 0 Å². The molecule has 122 valence electrons. The molecule has 5 heteroatoms. The molecule has 2 rings (SSSR count). The van der Waals surface area contributed by atoms with Gasteiger partial charge in [0.25, 0.3) is 0 Å². The van der Waals surface area contributed by atoms with Crippen molar-refractivity contribution < 1.29 is 13.2 Å². The molecule has 0 amide bonds. The molecule has 22 heavy (non-hydrogen) atoms. The summed E-state index contributed by atoms with van der Waals surface area (Å²) in [6.07, 6.45) is 2.02. The van der Waals surface area contributed by atoms with Crippen molar-refractivity contribution in [1.29, 1.82) is 0 Å². The molecule has 0 spiro atoms. The van der Waals surface area contributed by atoms with Gasteiger partial charge in [-0.15, -0.1) is 0 Å². The standard InChI is InChI=1S/C17H25NO3S/c1-13-12-18(22(19,20)17(2,3)4)10-9-16(13)14-7-6-8-15(11-14)21-5/h6-9,11,13H,10,12H2,1-5H3/t13-/m0/s1. The molecule has 0 saturated carbocycles. The van der Waals surface area contributed by atoms with Crippen molar-refractivity contribution in [2.45, 2.75) is 32.4 Å². The van der Waals surface area contributed by atoms with E-state index < -0.39 is 14.8 Å². The Hall–Kier alpha value is -1.33. The highest BCUT2D eigenvalue weighted by Crippen LogP contribution is 2.32. The van der Waals surface area contributed by atoms with Gasteiger partial charge in [-0.25, -0.2) is 8.42 Å². The normalized spacial score (nSPS) is 20.6. The van der Waals surface area contributed by atoms with E-state index in [0.717, 1.165) is 11.3 Å². The summed E-state index contributed by atoms with van der Waals surface area (Å²) in [6, 6.07) is 7.91. The van der Waals surface area contributed by atoms with Crippen LogP contribution in [-0.4, -0.2) is 37.7 Å². The largest absolute Gasteiger partial charge is 0.497 e. The number of hydrogen-bond acceptors (Lipinski definition) is 3. The lowest BCUT2D eigenvalue weighted by atomic mass is 9.91. The Morgan fingerprint density at radius 1 is 1.27 bits per heavy atom. The number of rotatable bonds is 3. The molecule has 0 N–H and O–H groups in total.